The van der Waals surface area contributed by atoms with Gasteiger partial charge in [0.15, 0.2) is 0 Å². The summed E-state index contributed by atoms with van der Waals surface area (Å²) in [5.41, 5.74) is 2.04. The Morgan fingerprint density at radius 3 is 2.71 bits per heavy atom. The molecule has 1 fully saturated rings. The van der Waals surface area contributed by atoms with Gasteiger partial charge >= 0.3 is 5.97 Å². The maximum absolute atomic E-state index is 12.8. The van der Waals surface area contributed by atoms with Crippen LogP contribution < -0.4 is 21.1 Å². The van der Waals surface area contributed by atoms with Crippen LogP contribution in [0.1, 0.15) is 25.3 Å². The highest BCUT2D eigenvalue weighted by Crippen LogP contribution is 2.38. The quantitative estimate of drug-likeness (QED) is 0.389. The molecule has 0 unspecified atom stereocenters. The summed E-state index contributed by atoms with van der Waals surface area (Å²) < 4.78 is 1.56. The fraction of sp³-hybridized carbons (Fsp3) is 0.370. The lowest BCUT2D eigenvalue weighted by Crippen LogP contribution is -2.43. The van der Waals surface area contributed by atoms with Crippen LogP contribution in [0.5, 0.6) is 0 Å². The number of amides is 1. The summed E-state index contributed by atoms with van der Waals surface area (Å²) in [6, 6.07) is 8.80. The van der Waals surface area contributed by atoms with Gasteiger partial charge in [0.25, 0.3) is 5.56 Å². The number of anilines is 3. The summed E-state index contributed by atoms with van der Waals surface area (Å²) in [6.07, 6.45) is 1.10. The van der Waals surface area contributed by atoms with E-state index in [1.165, 1.54) is 6.07 Å². The van der Waals surface area contributed by atoms with Gasteiger partial charge in [-0.15, -0.1) is 0 Å². The molecular formula is C27H29ClN6O4. The number of fused-ring (bicyclic) bond motifs is 1. The van der Waals surface area contributed by atoms with Gasteiger partial charge in [-0.25, -0.2) is 9.83 Å². The molecule has 38 heavy (non-hydrogen) atoms. The number of hydrogen-bond acceptors (Lipinski definition) is 6. The van der Waals surface area contributed by atoms with Crippen molar-refractivity contribution in [3.8, 4) is 0 Å². The van der Waals surface area contributed by atoms with Crippen molar-refractivity contribution in [1.82, 2.24) is 14.9 Å². The number of carbonyl (C=O) groups is 2. The highest BCUT2D eigenvalue weighted by molar-refractivity contribution is 6.33. The Labute approximate surface area is 225 Å². The minimum Gasteiger partial charge on any atom is -0.481 e. The number of nitrogens with one attached hydrogen (secondary N) is 2. The van der Waals surface area contributed by atoms with Crippen LogP contribution in [0.2, 0.25) is 5.02 Å². The lowest BCUT2D eigenvalue weighted by molar-refractivity contribution is -0.142. The van der Waals surface area contributed by atoms with Gasteiger partial charge in [-0.3, -0.25) is 14.4 Å². The molecule has 0 saturated carbocycles. The monoisotopic (exact) mass is 536 g/mol. The Kier molecular flexibility index (Phi) is 7.88. The summed E-state index contributed by atoms with van der Waals surface area (Å²) in [7, 11) is 3.25. The Morgan fingerprint density at radius 1 is 1.26 bits per heavy atom. The molecule has 2 atom stereocenters. The predicted molar refractivity (Wildman–Crippen MR) is 147 cm³/mol. The van der Waals surface area contributed by atoms with Crippen molar-refractivity contribution in [2.75, 3.05) is 30.4 Å². The van der Waals surface area contributed by atoms with Gasteiger partial charge in [-0.1, -0.05) is 18.5 Å². The number of aromatic nitrogens is 2. The summed E-state index contributed by atoms with van der Waals surface area (Å²) in [5, 5.41) is 16.4. The van der Waals surface area contributed by atoms with E-state index in [4.69, 9.17) is 18.2 Å². The Hall–Kier alpha value is -4.10. The first kappa shape index (κ1) is 26.9. The third kappa shape index (κ3) is 5.58. The van der Waals surface area contributed by atoms with E-state index >= 15 is 0 Å². The van der Waals surface area contributed by atoms with E-state index in [1.807, 2.05) is 24.0 Å². The number of halogens is 1. The highest BCUT2D eigenvalue weighted by atomic mass is 35.5. The van der Waals surface area contributed by atoms with Gasteiger partial charge in [0.05, 0.1) is 23.0 Å². The first-order valence-electron chi connectivity index (χ1n) is 12.3. The minimum atomic E-state index is -0.863. The lowest BCUT2D eigenvalue weighted by atomic mass is 9.90. The second-order valence-electron chi connectivity index (χ2n) is 9.66. The maximum atomic E-state index is 12.8. The number of piperidine rings is 1. The summed E-state index contributed by atoms with van der Waals surface area (Å²) in [6.45, 7) is 10.4. The molecule has 3 heterocycles. The van der Waals surface area contributed by atoms with Crippen molar-refractivity contribution in [2.24, 2.45) is 18.9 Å². The van der Waals surface area contributed by atoms with Crippen LogP contribution in [0, 0.1) is 18.4 Å². The van der Waals surface area contributed by atoms with Crippen molar-refractivity contribution in [1.29, 1.82) is 0 Å². The van der Waals surface area contributed by atoms with E-state index in [2.05, 4.69) is 20.5 Å². The van der Waals surface area contributed by atoms with Gasteiger partial charge in [-0.05, 0) is 49.1 Å². The van der Waals surface area contributed by atoms with Crippen LogP contribution in [-0.2, 0) is 23.1 Å². The fourth-order valence-electron chi connectivity index (χ4n) is 4.89. The largest absolute Gasteiger partial charge is 0.481 e. The molecule has 0 bridgehead atoms. The first-order valence-corrected chi connectivity index (χ1v) is 12.6. The molecule has 3 N–H and O–H groups in total. The predicted octanol–water partition coefficient (Wildman–Crippen LogP) is 4.11. The average Bonchev–Trinajstić information content (AvgIpc) is 2.90. The standard InChI is InChI=1S/C27H29ClN6O4/c1-15-9-18(27(37)38)14-34(13-15)25-21(29-2)12-20(28)24(32-25)31-19-6-7-22-17(11-19)10-16(26(36)33(22)4)5-8-23(35)30-3/h6-7,10-12,15,18H,5,8-9,13-14H2,1,3-4H3,(H,30,35)(H,31,32)(H,37,38)/t15-,18+/m0/s1. The summed E-state index contributed by atoms with van der Waals surface area (Å²) in [4.78, 5) is 46.2. The van der Waals surface area contributed by atoms with Crippen molar-refractivity contribution in [3.63, 3.8) is 0 Å². The number of carboxylic acid groups (broad SMARTS) is 1. The van der Waals surface area contributed by atoms with E-state index in [1.54, 1.807) is 30.8 Å². The van der Waals surface area contributed by atoms with Crippen LogP contribution in [0.25, 0.3) is 15.7 Å². The number of benzene rings is 1. The number of hydrogen-bond donors (Lipinski definition) is 3. The second kappa shape index (κ2) is 11.1. The van der Waals surface area contributed by atoms with E-state index in [0.29, 0.717) is 42.3 Å². The number of aliphatic carboxylic acids is 1. The Balaban J connectivity index is 1.68. The van der Waals surface area contributed by atoms with Crippen LogP contribution in [0.3, 0.4) is 0 Å². The van der Waals surface area contributed by atoms with Crippen LogP contribution in [-0.4, -0.2) is 46.7 Å². The topological polar surface area (TPSA) is 121 Å². The van der Waals surface area contributed by atoms with Crippen LogP contribution in [0.15, 0.2) is 35.1 Å². The number of carbonyl (C=O) groups excluding carboxylic acids is 1. The molecule has 1 aromatic carbocycles. The molecule has 1 aliphatic heterocycles. The molecule has 1 amide bonds. The Morgan fingerprint density at radius 2 is 2.03 bits per heavy atom. The number of pyridine rings is 2. The van der Waals surface area contributed by atoms with Gasteiger partial charge in [0.2, 0.25) is 11.6 Å². The van der Waals surface area contributed by atoms with Gasteiger partial charge in [0, 0.05) is 50.2 Å². The van der Waals surface area contributed by atoms with Gasteiger partial charge in [-0.2, -0.15) is 0 Å². The SMILES string of the molecule is [C-]#[N+]c1cc(Cl)c(Nc2ccc3c(c2)cc(CCC(=O)NC)c(=O)n3C)nc1N1C[C@@H](C)C[C@@H](C(=O)O)C1. The fourth-order valence-corrected chi connectivity index (χ4v) is 5.09. The molecule has 3 aromatic rings. The van der Waals surface area contributed by atoms with Crippen molar-refractivity contribution in [3.05, 3.63) is 62.7 Å². The van der Waals surface area contributed by atoms with Gasteiger partial charge < -0.3 is 25.2 Å². The molecule has 1 aliphatic rings. The van der Waals surface area contributed by atoms with Crippen LogP contribution >= 0.6 is 11.6 Å². The molecule has 0 aliphatic carbocycles. The molecule has 0 radical (unpaired) electrons. The molecule has 4 rings (SSSR count). The molecular weight excluding hydrogens is 508 g/mol. The molecule has 10 nitrogen and oxygen atoms in total. The van der Waals surface area contributed by atoms with E-state index < -0.39 is 11.9 Å². The second-order valence-corrected chi connectivity index (χ2v) is 10.1. The van der Waals surface area contributed by atoms with E-state index in [0.717, 1.165) is 10.9 Å². The number of rotatable bonds is 7. The maximum Gasteiger partial charge on any atom is 0.308 e. The smallest absolute Gasteiger partial charge is 0.308 e. The third-order valence-corrected chi connectivity index (χ3v) is 7.11. The zero-order valence-corrected chi connectivity index (χ0v) is 22.2. The lowest BCUT2D eigenvalue weighted by Gasteiger charge is -2.36. The Bertz CT molecular complexity index is 1510. The zero-order valence-electron chi connectivity index (χ0n) is 21.4. The first-order chi connectivity index (χ1) is 18.1. The zero-order chi connectivity index (χ0) is 27.6. The minimum absolute atomic E-state index is 0.127. The van der Waals surface area contributed by atoms with Gasteiger partial charge in [0.1, 0.15) is 11.6 Å². The molecule has 2 aromatic heterocycles. The van der Waals surface area contributed by atoms with Crippen molar-refractivity contribution in [2.45, 2.75) is 26.2 Å². The summed E-state index contributed by atoms with van der Waals surface area (Å²) >= 11 is 6.49. The number of carboxylic acids is 1. The molecule has 0 spiro atoms. The average molecular weight is 537 g/mol. The van der Waals surface area contributed by atoms with Crippen LogP contribution in [0.4, 0.5) is 23.0 Å². The molecule has 1 saturated heterocycles. The molecule has 11 heteroatoms. The highest BCUT2D eigenvalue weighted by Gasteiger charge is 2.31. The van der Waals surface area contributed by atoms with Crippen molar-refractivity contribution >= 4 is 57.4 Å². The number of nitrogens with zero attached hydrogens (tertiary/aromatic N) is 4. The molecule has 198 valence electrons. The van der Waals surface area contributed by atoms with E-state index in [9.17, 15) is 19.5 Å². The summed E-state index contributed by atoms with van der Waals surface area (Å²) in [5.74, 6) is -0.691. The van der Waals surface area contributed by atoms with Crippen molar-refractivity contribution < 1.29 is 14.7 Å². The third-order valence-electron chi connectivity index (χ3n) is 6.83. The normalized spacial score (nSPS) is 17.2. The number of aryl methyl sites for hydroxylation is 2. The van der Waals surface area contributed by atoms with E-state index in [-0.39, 0.29) is 41.1 Å².